The molecule has 1 unspecified atom stereocenters. The fraction of sp³-hybridized carbons (Fsp3) is 0.353. The number of hydrogen-bond donors (Lipinski definition) is 1. The minimum absolute atomic E-state index is 0.0634. The molecule has 0 saturated carbocycles. The molecule has 1 N–H and O–H groups in total. The zero-order valence-corrected chi connectivity index (χ0v) is 11.2. The Kier molecular flexibility index (Phi) is 3.60. The third kappa shape index (κ3) is 2.69. The smallest absolute Gasteiger partial charge is 0.0490 e. The van der Waals surface area contributed by atoms with Gasteiger partial charge in [0.25, 0.3) is 0 Å². The first-order valence-electron chi connectivity index (χ1n) is 7.10. The fourth-order valence-electron chi connectivity index (χ4n) is 3.04. The van der Waals surface area contributed by atoms with Gasteiger partial charge in [-0.3, -0.25) is 4.98 Å². The zero-order chi connectivity index (χ0) is 13.0. The summed E-state index contributed by atoms with van der Waals surface area (Å²) in [5.74, 6) is 0. The maximum atomic E-state index is 4.50. The quantitative estimate of drug-likeness (QED) is 0.906. The molecule has 19 heavy (non-hydrogen) atoms. The Morgan fingerprint density at radius 2 is 1.84 bits per heavy atom. The first-order chi connectivity index (χ1) is 9.39. The largest absolute Gasteiger partial charge is 0.307 e. The van der Waals surface area contributed by atoms with Gasteiger partial charge < -0.3 is 5.32 Å². The number of piperidine rings is 1. The summed E-state index contributed by atoms with van der Waals surface area (Å²) < 4.78 is 0. The minimum Gasteiger partial charge on any atom is -0.307 e. The summed E-state index contributed by atoms with van der Waals surface area (Å²) in [6.45, 7) is 1.10. The van der Waals surface area contributed by atoms with Gasteiger partial charge in [0, 0.05) is 23.9 Å². The zero-order valence-electron chi connectivity index (χ0n) is 11.2. The van der Waals surface area contributed by atoms with E-state index >= 15 is 0 Å². The Hall–Kier alpha value is -1.67. The molecule has 2 heterocycles. The molecular weight excluding hydrogens is 232 g/mol. The standard InChI is InChI=1S/C17H20N2/c1-2-8-15(9-3-1)17(11-5-7-13-19-17)14-16-10-4-6-12-18-16/h1-4,6,8-10,12,19H,5,7,11,13-14H2. The summed E-state index contributed by atoms with van der Waals surface area (Å²) in [5, 5.41) is 3.76. The van der Waals surface area contributed by atoms with Crippen LogP contribution in [0.3, 0.4) is 0 Å². The summed E-state index contributed by atoms with van der Waals surface area (Å²) in [5.41, 5.74) is 2.62. The maximum absolute atomic E-state index is 4.50. The van der Waals surface area contributed by atoms with Gasteiger partial charge in [0.1, 0.15) is 0 Å². The van der Waals surface area contributed by atoms with E-state index in [-0.39, 0.29) is 5.54 Å². The SMILES string of the molecule is c1ccc(C2(Cc3ccccn3)CCCCN2)cc1. The summed E-state index contributed by atoms with van der Waals surface area (Å²) in [6.07, 6.45) is 6.60. The molecule has 3 rings (SSSR count). The van der Waals surface area contributed by atoms with E-state index in [2.05, 4.69) is 52.8 Å². The van der Waals surface area contributed by atoms with Gasteiger partial charge in [-0.25, -0.2) is 0 Å². The lowest BCUT2D eigenvalue weighted by Crippen LogP contribution is -2.47. The Morgan fingerprint density at radius 1 is 1.00 bits per heavy atom. The van der Waals surface area contributed by atoms with E-state index in [1.165, 1.54) is 30.5 Å². The van der Waals surface area contributed by atoms with Gasteiger partial charge >= 0.3 is 0 Å². The summed E-state index contributed by atoms with van der Waals surface area (Å²) in [4.78, 5) is 4.50. The molecule has 98 valence electrons. The van der Waals surface area contributed by atoms with Crippen molar-refractivity contribution >= 4 is 0 Å². The van der Waals surface area contributed by atoms with Gasteiger partial charge in [0.05, 0.1) is 0 Å². The molecule has 2 nitrogen and oxygen atoms in total. The van der Waals surface area contributed by atoms with Gasteiger partial charge in [-0.05, 0) is 43.5 Å². The lowest BCUT2D eigenvalue weighted by molar-refractivity contribution is 0.253. The summed E-state index contributed by atoms with van der Waals surface area (Å²) in [6, 6.07) is 17.0. The molecule has 0 aliphatic carbocycles. The number of aromatic nitrogens is 1. The van der Waals surface area contributed by atoms with Crippen LogP contribution in [0.15, 0.2) is 54.7 Å². The van der Waals surface area contributed by atoms with Crippen LogP contribution in [0.2, 0.25) is 0 Å². The lowest BCUT2D eigenvalue weighted by atomic mass is 9.79. The van der Waals surface area contributed by atoms with Gasteiger partial charge in [0.2, 0.25) is 0 Å². The predicted molar refractivity (Wildman–Crippen MR) is 77.9 cm³/mol. The summed E-state index contributed by atoms with van der Waals surface area (Å²) >= 11 is 0. The van der Waals surface area contributed by atoms with Gasteiger partial charge in [0.15, 0.2) is 0 Å². The topological polar surface area (TPSA) is 24.9 Å². The predicted octanol–water partition coefficient (Wildman–Crippen LogP) is 3.29. The molecule has 0 amide bonds. The van der Waals surface area contributed by atoms with Crippen LogP contribution in [0.1, 0.15) is 30.5 Å². The Balaban J connectivity index is 1.93. The van der Waals surface area contributed by atoms with E-state index in [9.17, 15) is 0 Å². The molecule has 0 bridgehead atoms. The van der Waals surface area contributed by atoms with E-state index in [1.54, 1.807) is 0 Å². The second-order valence-corrected chi connectivity index (χ2v) is 5.33. The third-order valence-electron chi connectivity index (χ3n) is 4.03. The van der Waals surface area contributed by atoms with E-state index in [0.717, 1.165) is 13.0 Å². The molecule has 1 aromatic heterocycles. The number of nitrogens with one attached hydrogen (secondary N) is 1. The lowest BCUT2D eigenvalue weighted by Gasteiger charge is -2.39. The molecular formula is C17H20N2. The van der Waals surface area contributed by atoms with Crippen molar-refractivity contribution in [2.24, 2.45) is 0 Å². The monoisotopic (exact) mass is 252 g/mol. The van der Waals surface area contributed by atoms with Crippen LogP contribution in [-0.2, 0) is 12.0 Å². The third-order valence-corrected chi connectivity index (χ3v) is 4.03. The molecule has 0 spiro atoms. The molecule has 1 aromatic carbocycles. The second-order valence-electron chi connectivity index (χ2n) is 5.33. The van der Waals surface area contributed by atoms with Crippen molar-refractivity contribution in [3.63, 3.8) is 0 Å². The molecule has 0 radical (unpaired) electrons. The second kappa shape index (κ2) is 5.54. The highest BCUT2D eigenvalue weighted by molar-refractivity contribution is 5.27. The van der Waals surface area contributed by atoms with Crippen molar-refractivity contribution < 1.29 is 0 Å². The average molecular weight is 252 g/mol. The van der Waals surface area contributed by atoms with Crippen molar-refractivity contribution in [1.82, 2.24) is 10.3 Å². The molecule has 1 saturated heterocycles. The highest BCUT2D eigenvalue weighted by atomic mass is 15.0. The number of hydrogen-bond acceptors (Lipinski definition) is 2. The molecule has 2 aromatic rings. The van der Waals surface area contributed by atoms with Gasteiger partial charge in [-0.15, -0.1) is 0 Å². The number of benzene rings is 1. The van der Waals surface area contributed by atoms with Crippen molar-refractivity contribution in [3.8, 4) is 0 Å². The Morgan fingerprint density at radius 3 is 2.53 bits per heavy atom. The van der Waals surface area contributed by atoms with Crippen molar-refractivity contribution in [1.29, 1.82) is 0 Å². The molecule has 1 atom stereocenters. The van der Waals surface area contributed by atoms with E-state index in [0.29, 0.717) is 0 Å². The molecule has 1 aliphatic rings. The first kappa shape index (κ1) is 12.4. The number of pyridine rings is 1. The van der Waals surface area contributed by atoms with Crippen LogP contribution in [0.25, 0.3) is 0 Å². The van der Waals surface area contributed by atoms with E-state index < -0.39 is 0 Å². The number of rotatable bonds is 3. The Labute approximate surface area is 114 Å². The van der Waals surface area contributed by atoms with Crippen LogP contribution in [0.4, 0.5) is 0 Å². The Bertz CT molecular complexity index is 501. The van der Waals surface area contributed by atoms with Crippen LogP contribution in [0.5, 0.6) is 0 Å². The van der Waals surface area contributed by atoms with Gasteiger partial charge in [-0.2, -0.15) is 0 Å². The van der Waals surface area contributed by atoms with Crippen molar-refractivity contribution in [3.05, 3.63) is 66.0 Å². The van der Waals surface area contributed by atoms with Crippen LogP contribution in [-0.4, -0.2) is 11.5 Å². The minimum atomic E-state index is 0.0634. The summed E-state index contributed by atoms with van der Waals surface area (Å²) in [7, 11) is 0. The van der Waals surface area contributed by atoms with Crippen LogP contribution < -0.4 is 5.32 Å². The highest BCUT2D eigenvalue weighted by Gasteiger charge is 2.33. The first-order valence-corrected chi connectivity index (χ1v) is 7.10. The average Bonchev–Trinajstić information content (AvgIpc) is 2.50. The number of nitrogens with zero attached hydrogens (tertiary/aromatic N) is 1. The molecule has 2 heteroatoms. The van der Waals surface area contributed by atoms with Crippen LogP contribution in [0, 0.1) is 0 Å². The van der Waals surface area contributed by atoms with Crippen molar-refractivity contribution in [2.75, 3.05) is 6.54 Å². The normalized spacial score (nSPS) is 23.2. The fourth-order valence-corrected chi connectivity index (χ4v) is 3.04. The van der Waals surface area contributed by atoms with Crippen LogP contribution >= 0.6 is 0 Å². The molecule has 1 aliphatic heterocycles. The van der Waals surface area contributed by atoms with E-state index in [4.69, 9.17) is 0 Å². The van der Waals surface area contributed by atoms with Gasteiger partial charge in [-0.1, -0.05) is 36.4 Å². The maximum Gasteiger partial charge on any atom is 0.0490 e. The van der Waals surface area contributed by atoms with Crippen molar-refractivity contribution in [2.45, 2.75) is 31.2 Å². The highest BCUT2D eigenvalue weighted by Crippen LogP contribution is 2.33. The van der Waals surface area contributed by atoms with E-state index in [1.807, 2.05) is 12.3 Å². The molecule has 1 fully saturated rings.